The molecule has 0 saturated heterocycles. The highest BCUT2D eigenvalue weighted by Crippen LogP contribution is 2.34. The van der Waals surface area contributed by atoms with E-state index < -0.39 is 12.1 Å². The Labute approximate surface area is 118 Å². The van der Waals surface area contributed by atoms with Crippen molar-refractivity contribution in [2.45, 2.75) is 38.4 Å². The number of esters is 1. The second kappa shape index (κ2) is 6.61. The maximum absolute atomic E-state index is 11.5. The minimum atomic E-state index is -1.30. The number of carbonyl (C=O) groups is 1. The van der Waals surface area contributed by atoms with E-state index in [1.54, 1.807) is 25.1 Å². The average Bonchev–Trinajstić information content (AvgIpc) is 2.42. The van der Waals surface area contributed by atoms with Crippen molar-refractivity contribution in [2.75, 3.05) is 13.7 Å². The van der Waals surface area contributed by atoms with Crippen molar-refractivity contribution in [1.82, 2.24) is 0 Å². The first-order valence-electron chi connectivity index (χ1n) is 6.85. The van der Waals surface area contributed by atoms with Gasteiger partial charge in [-0.2, -0.15) is 0 Å². The second-order valence-corrected chi connectivity index (χ2v) is 4.74. The Bertz CT molecular complexity index is 467. The fourth-order valence-electron chi connectivity index (χ4n) is 1.98. The van der Waals surface area contributed by atoms with E-state index in [2.05, 4.69) is 0 Å². The van der Waals surface area contributed by atoms with Crippen LogP contribution in [0, 0.1) is 0 Å². The maximum Gasteiger partial charge on any atom is 0.339 e. The molecule has 0 aliphatic heterocycles. The molecule has 0 amide bonds. The number of hydrogen-bond acceptors (Lipinski definition) is 5. The smallest absolute Gasteiger partial charge is 0.339 e. The minimum absolute atomic E-state index is 0.232. The van der Waals surface area contributed by atoms with Gasteiger partial charge in [0.1, 0.15) is 0 Å². The molecule has 1 fully saturated rings. The molecule has 1 atom stereocenters. The lowest BCUT2D eigenvalue weighted by Crippen LogP contribution is -2.24. The molecule has 1 N–H and O–H groups in total. The van der Waals surface area contributed by atoms with E-state index in [9.17, 15) is 9.90 Å². The molecular weight excluding hydrogens is 260 g/mol. The van der Waals surface area contributed by atoms with Crippen LogP contribution in [0.25, 0.3) is 0 Å². The van der Waals surface area contributed by atoms with Crippen molar-refractivity contribution in [1.29, 1.82) is 0 Å². The zero-order chi connectivity index (χ0) is 14.5. The first-order chi connectivity index (χ1) is 9.65. The third kappa shape index (κ3) is 3.22. The molecule has 2 rings (SSSR count). The highest BCUT2D eigenvalue weighted by molar-refractivity contribution is 5.76. The summed E-state index contributed by atoms with van der Waals surface area (Å²) < 4.78 is 15.8. The van der Waals surface area contributed by atoms with Gasteiger partial charge in [0.15, 0.2) is 17.6 Å². The SMILES string of the molecule is CCOC(=O)C(O)c1ccc(OC2CCC2)c(OC)c1. The molecule has 110 valence electrons. The van der Waals surface area contributed by atoms with E-state index in [-0.39, 0.29) is 12.7 Å². The van der Waals surface area contributed by atoms with Gasteiger partial charge < -0.3 is 19.3 Å². The largest absolute Gasteiger partial charge is 0.493 e. The van der Waals surface area contributed by atoms with Gasteiger partial charge in [0.25, 0.3) is 0 Å². The summed E-state index contributed by atoms with van der Waals surface area (Å²) in [5.74, 6) is 0.483. The van der Waals surface area contributed by atoms with Gasteiger partial charge >= 0.3 is 5.97 Å². The van der Waals surface area contributed by atoms with Crippen LogP contribution < -0.4 is 9.47 Å². The molecule has 0 spiro atoms. The van der Waals surface area contributed by atoms with Crippen LogP contribution >= 0.6 is 0 Å². The minimum Gasteiger partial charge on any atom is -0.493 e. The Morgan fingerprint density at radius 2 is 2.15 bits per heavy atom. The van der Waals surface area contributed by atoms with Crippen LogP contribution in [-0.2, 0) is 9.53 Å². The first-order valence-corrected chi connectivity index (χ1v) is 6.85. The van der Waals surface area contributed by atoms with E-state index in [0.717, 1.165) is 12.8 Å². The Morgan fingerprint density at radius 1 is 1.40 bits per heavy atom. The number of aliphatic hydroxyl groups is 1. The summed E-state index contributed by atoms with van der Waals surface area (Å²) in [6.07, 6.45) is 2.23. The number of rotatable bonds is 6. The molecule has 1 unspecified atom stereocenters. The lowest BCUT2D eigenvalue weighted by Gasteiger charge is -2.27. The Kier molecular flexibility index (Phi) is 4.84. The Morgan fingerprint density at radius 3 is 2.70 bits per heavy atom. The van der Waals surface area contributed by atoms with Gasteiger partial charge in [-0.25, -0.2) is 4.79 Å². The van der Waals surface area contributed by atoms with Gasteiger partial charge in [-0.3, -0.25) is 0 Å². The molecule has 1 saturated carbocycles. The van der Waals surface area contributed by atoms with E-state index in [1.165, 1.54) is 13.5 Å². The van der Waals surface area contributed by atoms with E-state index in [4.69, 9.17) is 14.2 Å². The number of aliphatic hydroxyl groups excluding tert-OH is 1. The molecule has 0 aromatic heterocycles. The van der Waals surface area contributed by atoms with Crippen LogP contribution in [0.4, 0.5) is 0 Å². The number of carbonyl (C=O) groups excluding carboxylic acids is 1. The van der Waals surface area contributed by atoms with E-state index >= 15 is 0 Å². The summed E-state index contributed by atoms with van der Waals surface area (Å²) in [5, 5.41) is 9.90. The van der Waals surface area contributed by atoms with Gasteiger partial charge in [0.05, 0.1) is 19.8 Å². The molecule has 0 radical (unpaired) electrons. The molecule has 1 aliphatic carbocycles. The van der Waals surface area contributed by atoms with E-state index in [1.807, 2.05) is 0 Å². The number of benzene rings is 1. The highest BCUT2D eigenvalue weighted by atomic mass is 16.5. The van der Waals surface area contributed by atoms with Gasteiger partial charge in [0.2, 0.25) is 0 Å². The molecule has 0 heterocycles. The van der Waals surface area contributed by atoms with Crippen LogP contribution in [0.3, 0.4) is 0 Å². The molecule has 0 bridgehead atoms. The number of hydrogen-bond donors (Lipinski definition) is 1. The first kappa shape index (κ1) is 14.7. The summed E-state index contributed by atoms with van der Waals surface area (Å²) in [4.78, 5) is 11.5. The second-order valence-electron chi connectivity index (χ2n) is 4.74. The molecule has 1 aromatic carbocycles. The topological polar surface area (TPSA) is 65.0 Å². The van der Waals surface area contributed by atoms with Crippen molar-refractivity contribution in [3.63, 3.8) is 0 Å². The lowest BCUT2D eigenvalue weighted by molar-refractivity contribution is -0.153. The molecule has 5 nitrogen and oxygen atoms in total. The standard InChI is InChI=1S/C15H20O5/c1-3-19-15(17)14(16)10-7-8-12(13(9-10)18-2)20-11-5-4-6-11/h7-9,11,14,16H,3-6H2,1-2H3. The van der Waals surface area contributed by atoms with E-state index in [0.29, 0.717) is 17.1 Å². The summed E-state index contributed by atoms with van der Waals surface area (Å²) >= 11 is 0. The third-order valence-corrected chi connectivity index (χ3v) is 3.36. The van der Waals surface area contributed by atoms with Crippen LogP contribution in [0.1, 0.15) is 37.9 Å². The predicted octanol–water partition coefficient (Wildman–Crippen LogP) is 2.22. The third-order valence-electron chi connectivity index (χ3n) is 3.36. The Balaban J connectivity index is 2.13. The summed E-state index contributed by atoms with van der Waals surface area (Å²) in [5.41, 5.74) is 0.432. The fourth-order valence-corrected chi connectivity index (χ4v) is 1.98. The normalized spacial score (nSPS) is 16.1. The Hall–Kier alpha value is -1.75. The molecule has 1 aromatic rings. The predicted molar refractivity (Wildman–Crippen MR) is 72.9 cm³/mol. The quantitative estimate of drug-likeness (QED) is 0.809. The number of ether oxygens (including phenoxy) is 3. The van der Waals surface area contributed by atoms with Gasteiger partial charge in [-0.15, -0.1) is 0 Å². The summed E-state index contributed by atoms with van der Waals surface area (Å²) in [6.45, 7) is 1.93. The highest BCUT2D eigenvalue weighted by Gasteiger charge is 2.23. The van der Waals surface area contributed by atoms with Crippen molar-refractivity contribution in [2.24, 2.45) is 0 Å². The van der Waals surface area contributed by atoms with Crippen molar-refractivity contribution in [3.05, 3.63) is 23.8 Å². The zero-order valence-electron chi connectivity index (χ0n) is 11.8. The van der Waals surface area contributed by atoms with Gasteiger partial charge in [-0.1, -0.05) is 6.07 Å². The lowest BCUT2D eigenvalue weighted by atomic mass is 9.96. The van der Waals surface area contributed by atoms with Crippen LogP contribution in [0.5, 0.6) is 11.5 Å². The van der Waals surface area contributed by atoms with Gasteiger partial charge in [-0.05, 0) is 43.9 Å². The molecule has 1 aliphatic rings. The van der Waals surface area contributed by atoms with Crippen LogP contribution in [-0.4, -0.2) is 30.9 Å². The van der Waals surface area contributed by atoms with Crippen molar-refractivity contribution < 1.29 is 24.1 Å². The van der Waals surface area contributed by atoms with Crippen molar-refractivity contribution in [3.8, 4) is 11.5 Å². The molecule has 20 heavy (non-hydrogen) atoms. The monoisotopic (exact) mass is 280 g/mol. The summed E-state index contributed by atoms with van der Waals surface area (Å²) in [6, 6.07) is 4.97. The zero-order valence-corrected chi connectivity index (χ0v) is 11.8. The summed E-state index contributed by atoms with van der Waals surface area (Å²) in [7, 11) is 1.53. The molecular formula is C15H20O5. The van der Waals surface area contributed by atoms with Crippen LogP contribution in [0.2, 0.25) is 0 Å². The maximum atomic E-state index is 11.5. The van der Waals surface area contributed by atoms with Crippen molar-refractivity contribution >= 4 is 5.97 Å². The fraction of sp³-hybridized carbons (Fsp3) is 0.533. The average molecular weight is 280 g/mol. The number of methoxy groups -OCH3 is 1. The van der Waals surface area contributed by atoms with Gasteiger partial charge in [0, 0.05) is 0 Å². The van der Waals surface area contributed by atoms with Crippen LogP contribution in [0.15, 0.2) is 18.2 Å². The molecule has 5 heteroatoms.